The van der Waals surface area contributed by atoms with Crippen LogP contribution in [0.2, 0.25) is 0 Å². The van der Waals surface area contributed by atoms with Crippen LogP contribution in [-0.4, -0.2) is 44.1 Å². The zero-order valence-corrected chi connectivity index (χ0v) is 15.8. The lowest BCUT2D eigenvalue weighted by Crippen LogP contribution is -2.37. The van der Waals surface area contributed by atoms with E-state index in [1.54, 1.807) is 18.2 Å². The first-order chi connectivity index (χ1) is 12.0. The number of hydrogen-bond acceptors (Lipinski definition) is 3. The molecule has 2 aromatic carbocycles. The van der Waals surface area contributed by atoms with Gasteiger partial charge in [0.15, 0.2) is 0 Å². The number of nitrogens with one attached hydrogen (secondary N) is 1. The number of hydrogen-bond donors (Lipinski definition) is 1. The van der Waals surface area contributed by atoms with E-state index in [9.17, 15) is 9.18 Å². The average Bonchev–Trinajstić information content (AvgIpc) is 2.58. The zero-order valence-electron chi connectivity index (χ0n) is 14.2. The average molecular weight is 409 g/mol. The van der Waals surface area contributed by atoms with Crippen molar-refractivity contribution in [2.45, 2.75) is 6.42 Å². The topological polar surface area (TPSA) is 41.6 Å². The normalized spacial score (nSPS) is 10.7. The molecule has 2 aromatic rings. The van der Waals surface area contributed by atoms with E-state index in [0.717, 1.165) is 10.2 Å². The van der Waals surface area contributed by atoms with E-state index in [4.69, 9.17) is 4.74 Å². The van der Waals surface area contributed by atoms with E-state index < -0.39 is 0 Å². The van der Waals surface area contributed by atoms with Gasteiger partial charge in [-0.05, 0) is 49.4 Å². The Kier molecular flexibility index (Phi) is 7.88. The quantitative estimate of drug-likeness (QED) is 0.692. The molecule has 0 fully saturated rings. The molecule has 0 heterocycles. The van der Waals surface area contributed by atoms with Crippen molar-refractivity contribution in [3.8, 4) is 5.75 Å². The van der Waals surface area contributed by atoms with Crippen molar-refractivity contribution in [3.05, 3.63) is 64.4 Å². The van der Waals surface area contributed by atoms with E-state index >= 15 is 0 Å². The molecule has 134 valence electrons. The van der Waals surface area contributed by atoms with Crippen LogP contribution >= 0.6 is 15.9 Å². The second-order valence-electron chi connectivity index (χ2n) is 5.73. The van der Waals surface area contributed by atoms with Crippen molar-refractivity contribution in [2.24, 2.45) is 0 Å². The van der Waals surface area contributed by atoms with Crippen LogP contribution in [0, 0.1) is 5.82 Å². The van der Waals surface area contributed by atoms with Gasteiger partial charge >= 0.3 is 0 Å². The molecule has 0 saturated heterocycles. The van der Waals surface area contributed by atoms with Gasteiger partial charge in [-0.3, -0.25) is 9.69 Å². The number of carbonyl (C=O) groups is 1. The van der Waals surface area contributed by atoms with Crippen LogP contribution in [0.15, 0.2) is 53.0 Å². The minimum absolute atomic E-state index is 0.0810. The minimum atomic E-state index is -0.237. The highest BCUT2D eigenvalue weighted by Gasteiger charge is 2.07. The predicted molar refractivity (Wildman–Crippen MR) is 100 cm³/mol. The van der Waals surface area contributed by atoms with Gasteiger partial charge < -0.3 is 10.1 Å². The highest BCUT2D eigenvalue weighted by molar-refractivity contribution is 9.10. The van der Waals surface area contributed by atoms with Gasteiger partial charge in [0.25, 0.3) is 0 Å². The van der Waals surface area contributed by atoms with Gasteiger partial charge in [-0.1, -0.05) is 34.1 Å². The van der Waals surface area contributed by atoms with Crippen LogP contribution in [0.4, 0.5) is 4.39 Å². The molecule has 0 atom stereocenters. The van der Waals surface area contributed by atoms with Crippen molar-refractivity contribution in [1.29, 1.82) is 0 Å². The third-order valence-electron chi connectivity index (χ3n) is 3.64. The fourth-order valence-corrected chi connectivity index (χ4v) is 2.53. The molecule has 0 aliphatic heterocycles. The first-order valence-electron chi connectivity index (χ1n) is 8.11. The SMILES string of the molecule is CN(CCOc1ccc(Br)cc1)CC(=O)NCCc1ccccc1F. The lowest BCUT2D eigenvalue weighted by atomic mass is 10.1. The monoisotopic (exact) mass is 408 g/mol. The molecule has 25 heavy (non-hydrogen) atoms. The minimum Gasteiger partial charge on any atom is -0.492 e. The van der Waals surface area contributed by atoms with E-state index in [2.05, 4.69) is 21.2 Å². The maximum atomic E-state index is 13.5. The summed E-state index contributed by atoms with van der Waals surface area (Å²) < 4.78 is 20.1. The first-order valence-corrected chi connectivity index (χ1v) is 8.91. The molecule has 2 rings (SSSR count). The van der Waals surface area contributed by atoms with Crippen molar-refractivity contribution in [2.75, 3.05) is 33.3 Å². The van der Waals surface area contributed by atoms with E-state index in [1.165, 1.54) is 6.07 Å². The van der Waals surface area contributed by atoms with Gasteiger partial charge in [0, 0.05) is 17.6 Å². The number of carbonyl (C=O) groups excluding carboxylic acids is 1. The third-order valence-corrected chi connectivity index (χ3v) is 4.17. The van der Waals surface area contributed by atoms with Crippen molar-refractivity contribution < 1.29 is 13.9 Å². The smallest absolute Gasteiger partial charge is 0.234 e. The lowest BCUT2D eigenvalue weighted by Gasteiger charge is -2.16. The number of benzene rings is 2. The second-order valence-corrected chi connectivity index (χ2v) is 6.65. The molecular formula is C19H22BrFN2O2. The number of rotatable bonds is 9. The van der Waals surface area contributed by atoms with Crippen LogP contribution < -0.4 is 10.1 Å². The molecule has 0 spiro atoms. The Bertz CT molecular complexity index is 679. The number of amides is 1. The summed E-state index contributed by atoms with van der Waals surface area (Å²) in [4.78, 5) is 13.8. The molecule has 0 unspecified atom stereocenters. The lowest BCUT2D eigenvalue weighted by molar-refractivity contribution is -0.121. The number of ether oxygens (including phenoxy) is 1. The molecule has 0 radical (unpaired) electrons. The van der Waals surface area contributed by atoms with Crippen LogP contribution in [0.25, 0.3) is 0 Å². The predicted octanol–water partition coefficient (Wildman–Crippen LogP) is 3.26. The molecule has 1 amide bonds. The maximum Gasteiger partial charge on any atom is 0.234 e. The molecule has 4 nitrogen and oxygen atoms in total. The third kappa shape index (κ3) is 7.23. The second kappa shape index (κ2) is 10.2. The molecular weight excluding hydrogens is 387 g/mol. The van der Waals surface area contributed by atoms with E-state index in [0.29, 0.717) is 31.7 Å². The fraction of sp³-hybridized carbons (Fsp3) is 0.316. The highest BCUT2D eigenvalue weighted by Crippen LogP contribution is 2.15. The summed E-state index contributed by atoms with van der Waals surface area (Å²) in [6, 6.07) is 14.2. The van der Waals surface area contributed by atoms with Gasteiger partial charge in [0.05, 0.1) is 6.54 Å². The molecule has 0 saturated carbocycles. The summed E-state index contributed by atoms with van der Waals surface area (Å²) in [6.45, 7) is 1.83. The van der Waals surface area contributed by atoms with Gasteiger partial charge in [-0.15, -0.1) is 0 Å². The van der Waals surface area contributed by atoms with Gasteiger partial charge in [0.1, 0.15) is 18.2 Å². The van der Waals surface area contributed by atoms with Gasteiger partial charge in [-0.25, -0.2) is 4.39 Å². The van der Waals surface area contributed by atoms with Crippen LogP contribution in [-0.2, 0) is 11.2 Å². The Morgan fingerprint density at radius 3 is 2.64 bits per heavy atom. The Hall–Kier alpha value is -1.92. The van der Waals surface area contributed by atoms with Crippen molar-refractivity contribution in [1.82, 2.24) is 10.2 Å². The first kappa shape index (κ1) is 19.4. The van der Waals surface area contributed by atoms with Crippen molar-refractivity contribution >= 4 is 21.8 Å². The van der Waals surface area contributed by atoms with Gasteiger partial charge in [-0.2, -0.15) is 0 Å². The standard InChI is InChI=1S/C19H22BrFN2O2/c1-23(12-13-25-17-8-6-16(20)7-9-17)14-19(24)22-11-10-15-4-2-3-5-18(15)21/h2-9H,10-14H2,1H3,(H,22,24). The summed E-state index contributed by atoms with van der Waals surface area (Å²) in [5.41, 5.74) is 0.610. The Morgan fingerprint density at radius 2 is 1.92 bits per heavy atom. The molecule has 6 heteroatoms. The molecule has 0 aliphatic carbocycles. The summed E-state index contributed by atoms with van der Waals surface area (Å²) in [7, 11) is 1.86. The van der Waals surface area contributed by atoms with Crippen molar-refractivity contribution in [3.63, 3.8) is 0 Å². The van der Waals surface area contributed by atoms with Gasteiger partial charge in [0.2, 0.25) is 5.91 Å². The Balaban J connectivity index is 1.61. The summed E-state index contributed by atoms with van der Waals surface area (Å²) in [5.74, 6) is 0.479. The molecule has 0 bridgehead atoms. The summed E-state index contributed by atoms with van der Waals surface area (Å²) in [5, 5.41) is 2.81. The molecule has 1 N–H and O–H groups in total. The Labute approximate surface area is 156 Å². The summed E-state index contributed by atoms with van der Waals surface area (Å²) in [6.07, 6.45) is 0.481. The fourth-order valence-electron chi connectivity index (χ4n) is 2.27. The molecule has 0 aliphatic rings. The number of nitrogens with zero attached hydrogens (tertiary/aromatic N) is 1. The zero-order chi connectivity index (χ0) is 18.1. The summed E-state index contributed by atoms with van der Waals surface area (Å²) >= 11 is 3.37. The van der Waals surface area contributed by atoms with E-state index in [-0.39, 0.29) is 18.3 Å². The van der Waals surface area contributed by atoms with E-state index in [1.807, 2.05) is 36.2 Å². The maximum absolute atomic E-state index is 13.5. The highest BCUT2D eigenvalue weighted by atomic mass is 79.9. The Morgan fingerprint density at radius 1 is 1.20 bits per heavy atom. The number of likely N-dealkylation sites (N-methyl/N-ethyl adjacent to an activating group) is 1. The number of halogens is 2. The van der Waals surface area contributed by atoms with Crippen LogP contribution in [0.1, 0.15) is 5.56 Å². The van der Waals surface area contributed by atoms with Crippen LogP contribution in [0.3, 0.4) is 0 Å². The molecule has 0 aromatic heterocycles. The van der Waals surface area contributed by atoms with Crippen LogP contribution in [0.5, 0.6) is 5.75 Å². The largest absolute Gasteiger partial charge is 0.492 e.